The molecular formula is C14H18FN3. The van der Waals surface area contributed by atoms with Gasteiger partial charge in [-0.3, -0.25) is 0 Å². The van der Waals surface area contributed by atoms with Crippen LogP contribution in [0.2, 0.25) is 0 Å². The smallest absolute Gasteiger partial charge is 0.141 e. The molecule has 0 radical (unpaired) electrons. The van der Waals surface area contributed by atoms with Crippen molar-refractivity contribution in [3.05, 3.63) is 29.6 Å². The molecule has 1 aromatic rings. The summed E-state index contributed by atoms with van der Waals surface area (Å²) in [4.78, 5) is 2.33. The lowest BCUT2D eigenvalue weighted by molar-refractivity contribution is 0.217. The van der Waals surface area contributed by atoms with Crippen molar-refractivity contribution < 1.29 is 4.39 Å². The van der Waals surface area contributed by atoms with Crippen molar-refractivity contribution in [3.8, 4) is 6.07 Å². The van der Waals surface area contributed by atoms with E-state index in [9.17, 15) is 4.39 Å². The molecule has 96 valence electrons. The highest BCUT2D eigenvalue weighted by Gasteiger charge is 2.16. The van der Waals surface area contributed by atoms with E-state index in [1.165, 1.54) is 25.5 Å². The molecule has 1 atom stereocenters. The van der Waals surface area contributed by atoms with Gasteiger partial charge in [-0.05, 0) is 50.6 Å². The Kier molecular flexibility index (Phi) is 4.16. The number of hydrogen-bond donors (Lipinski definition) is 1. The molecular weight excluding hydrogens is 229 g/mol. The molecule has 1 saturated heterocycles. The monoisotopic (exact) mass is 247 g/mol. The molecule has 0 aromatic heterocycles. The summed E-state index contributed by atoms with van der Waals surface area (Å²) in [6.07, 6.45) is 2.46. The molecule has 1 heterocycles. The summed E-state index contributed by atoms with van der Waals surface area (Å²) in [5, 5.41) is 12.1. The molecule has 1 N–H and O–H groups in total. The molecule has 0 spiro atoms. The predicted octanol–water partition coefficient (Wildman–Crippen LogP) is 2.45. The zero-order chi connectivity index (χ0) is 13.0. The van der Waals surface area contributed by atoms with E-state index in [0.717, 1.165) is 18.8 Å². The lowest BCUT2D eigenvalue weighted by atomic mass is 9.98. The zero-order valence-corrected chi connectivity index (χ0v) is 10.6. The molecule has 4 heteroatoms. The Morgan fingerprint density at radius 2 is 2.39 bits per heavy atom. The third-order valence-electron chi connectivity index (χ3n) is 3.40. The van der Waals surface area contributed by atoms with Crippen LogP contribution in [0, 0.1) is 23.1 Å². The number of piperidine rings is 1. The topological polar surface area (TPSA) is 39.1 Å². The van der Waals surface area contributed by atoms with Crippen LogP contribution < -0.4 is 5.32 Å². The van der Waals surface area contributed by atoms with Gasteiger partial charge in [0.25, 0.3) is 0 Å². The first-order valence-electron chi connectivity index (χ1n) is 6.31. The highest BCUT2D eigenvalue weighted by molar-refractivity contribution is 5.49. The van der Waals surface area contributed by atoms with Gasteiger partial charge in [0.15, 0.2) is 0 Å². The first-order valence-corrected chi connectivity index (χ1v) is 6.31. The largest absolute Gasteiger partial charge is 0.385 e. The third-order valence-corrected chi connectivity index (χ3v) is 3.40. The maximum atomic E-state index is 13.2. The van der Waals surface area contributed by atoms with Crippen LogP contribution in [0.15, 0.2) is 18.2 Å². The highest BCUT2D eigenvalue weighted by atomic mass is 19.1. The SMILES string of the molecule is CN1CCCC(CNc2ccc(F)c(C#N)c2)C1. The lowest BCUT2D eigenvalue weighted by Gasteiger charge is -2.29. The predicted molar refractivity (Wildman–Crippen MR) is 69.8 cm³/mol. The van der Waals surface area contributed by atoms with Gasteiger partial charge in [0.1, 0.15) is 11.9 Å². The summed E-state index contributed by atoms with van der Waals surface area (Å²) < 4.78 is 13.2. The van der Waals surface area contributed by atoms with Crippen molar-refractivity contribution in [2.24, 2.45) is 5.92 Å². The number of benzene rings is 1. The van der Waals surface area contributed by atoms with E-state index in [1.54, 1.807) is 12.1 Å². The van der Waals surface area contributed by atoms with Gasteiger partial charge in [-0.25, -0.2) is 4.39 Å². The van der Waals surface area contributed by atoms with Crippen LogP contribution in [0.3, 0.4) is 0 Å². The minimum atomic E-state index is -0.458. The Bertz CT molecular complexity index is 453. The number of rotatable bonds is 3. The normalized spacial score (nSPS) is 20.4. The summed E-state index contributed by atoms with van der Waals surface area (Å²) in [5.41, 5.74) is 0.918. The van der Waals surface area contributed by atoms with Crippen molar-refractivity contribution >= 4 is 5.69 Å². The second-order valence-electron chi connectivity index (χ2n) is 4.96. The Balaban J connectivity index is 1.92. The van der Waals surface area contributed by atoms with E-state index in [0.29, 0.717) is 5.92 Å². The fraction of sp³-hybridized carbons (Fsp3) is 0.500. The first-order chi connectivity index (χ1) is 8.69. The molecule has 18 heavy (non-hydrogen) atoms. The summed E-state index contributed by atoms with van der Waals surface area (Å²) in [5.74, 6) is 0.166. The Labute approximate surface area is 107 Å². The number of anilines is 1. The summed E-state index contributed by atoms with van der Waals surface area (Å²) in [6, 6.07) is 6.45. The number of halogens is 1. The van der Waals surface area contributed by atoms with E-state index < -0.39 is 5.82 Å². The molecule has 0 saturated carbocycles. The van der Waals surface area contributed by atoms with Gasteiger partial charge in [-0.15, -0.1) is 0 Å². The number of nitrogens with one attached hydrogen (secondary N) is 1. The van der Waals surface area contributed by atoms with Gasteiger partial charge in [0.05, 0.1) is 5.56 Å². The van der Waals surface area contributed by atoms with Crippen LogP contribution in [0.1, 0.15) is 18.4 Å². The zero-order valence-electron chi connectivity index (χ0n) is 10.6. The molecule has 1 aliphatic rings. The van der Waals surface area contributed by atoms with Crippen LogP contribution in [0.25, 0.3) is 0 Å². The molecule has 3 nitrogen and oxygen atoms in total. The Morgan fingerprint density at radius 1 is 1.56 bits per heavy atom. The van der Waals surface area contributed by atoms with Crippen LogP contribution in [0.4, 0.5) is 10.1 Å². The quantitative estimate of drug-likeness (QED) is 0.891. The van der Waals surface area contributed by atoms with Crippen molar-refractivity contribution in [2.45, 2.75) is 12.8 Å². The van der Waals surface area contributed by atoms with Gasteiger partial charge >= 0.3 is 0 Å². The standard InChI is InChI=1S/C14H18FN3/c1-18-6-2-3-11(10-18)9-17-13-4-5-14(15)12(7-13)8-16/h4-5,7,11,17H,2-3,6,9-10H2,1H3. The molecule has 0 aliphatic carbocycles. The number of likely N-dealkylation sites (tertiary alicyclic amines) is 1. The number of hydrogen-bond acceptors (Lipinski definition) is 3. The molecule has 1 fully saturated rings. The summed E-state index contributed by atoms with van der Waals surface area (Å²) in [6.45, 7) is 3.14. The fourth-order valence-corrected chi connectivity index (χ4v) is 2.42. The number of nitrogens with zero attached hydrogens (tertiary/aromatic N) is 2. The summed E-state index contributed by atoms with van der Waals surface area (Å²) in [7, 11) is 2.14. The van der Waals surface area contributed by atoms with Gasteiger partial charge < -0.3 is 10.2 Å². The summed E-state index contributed by atoms with van der Waals surface area (Å²) >= 11 is 0. The maximum Gasteiger partial charge on any atom is 0.141 e. The molecule has 0 bridgehead atoms. The van der Waals surface area contributed by atoms with Gasteiger partial charge in [-0.2, -0.15) is 5.26 Å². The van der Waals surface area contributed by atoms with Crippen molar-refractivity contribution in [2.75, 3.05) is 32.0 Å². The second-order valence-corrected chi connectivity index (χ2v) is 4.96. The van der Waals surface area contributed by atoms with E-state index in [-0.39, 0.29) is 5.56 Å². The van der Waals surface area contributed by atoms with Crippen LogP contribution >= 0.6 is 0 Å². The fourth-order valence-electron chi connectivity index (χ4n) is 2.42. The van der Waals surface area contributed by atoms with E-state index in [2.05, 4.69) is 17.3 Å². The molecule has 2 rings (SSSR count). The Morgan fingerprint density at radius 3 is 3.11 bits per heavy atom. The average molecular weight is 247 g/mol. The van der Waals surface area contributed by atoms with Gasteiger partial charge in [-0.1, -0.05) is 0 Å². The second kappa shape index (κ2) is 5.83. The van der Waals surface area contributed by atoms with E-state index in [1.807, 2.05) is 6.07 Å². The molecule has 1 aromatic carbocycles. The molecule has 1 aliphatic heterocycles. The van der Waals surface area contributed by atoms with Crippen molar-refractivity contribution in [1.29, 1.82) is 5.26 Å². The maximum absolute atomic E-state index is 13.2. The number of nitriles is 1. The van der Waals surface area contributed by atoms with Crippen LogP contribution in [0.5, 0.6) is 0 Å². The highest BCUT2D eigenvalue weighted by Crippen LogP contribution is 2.18. The van der Waals surface area contributed by atoms with Crippen molar-refractivity contribution in [3.63, 3.8) is 0 Å². The van der Waals surface area contributed by atoms with E-state index in [4.69, 9.17) is 5.26 Å². The van der Waals surface area contributed by atoms with Crippen LogP contribution in [-0.4, -0.2) is 31.6 Å². The molecule has 1 unspecified atom stereocenters. The van der Waals surface area contributed by atoms with Gasteiger partial charge in [0.2, 0.25) is 0 Å². The average Bonchev–Trinajstić information content (AvgIpc) is 2.38. The minimum absolute atomic E-state index is 0.0979. The van der Waals surface area contributed by atoms with E-state index >= 15 is 0 Å². The molecule has 0 amide bonds. The van der Waals surface area contributed by atoms with Gasteiger partial charge in [0, 0.05) is 18.8 Å². The first kappa shape index (κ1) is 12.8. The van der Waals surface area contributed by atoms with Crippen molar-refractivity contribution in [1.82, 2.24) is 4.90 Å². The van der Waals surface area contributed by atoms with Crippen LogP contribution in [-0.2, 0) is 0 Å². The minimum Gasteiger partial charge on any atom is -0.385 e. The third kappa shape index (κ3) is 3.21. The Hall–Kier alpha value is -1.60. The lowest BCUT2D eigenvalue weighted by Crippen LogP contribution is -2.35.